The Morgan fingerprint density at radius 2 is 1.97 bits per heavy atom. The third kappa shape index (κ3) is 6.11. The Labute approximate surface area is 199 Å². The number of hydrogen-bond donors (Lipinski definition) is 2. The number of hydrogen-bond acceptors (Lipinski definition) is 6. The molecule has 0 aliphatic rings. The number of benzene rings is 1. The second-order valence-corrected chi connectivity index (χ2v) is 7.55. The van der Waals surface area contributed by atoms with Crippen molar-refractivity contribution in [3.63, 3.8) is 0 Å². The van der Waals surface area contributed by atoms with E-state index in [9.17, 15) is 28.4 Å². The summed E-state index contributed by atoms with van der Waals surface area (Å²) in [4.78, 5) is 36.3. The molecule has 2 heterocycles. The van der Waals surface area contributed by atoms with E-state index in [0.717, 1.165) is 17.8 Å². The van der Waals surface area contributed by atoms with Crippen LogP contribution in [-0.2, 0) is 20.9 Å². The molecule has 2 N–H and O–H groups in total. The van der Waals surface area contributed by atoms with Crippen LogP contribution in [0.25, 0.3) is 0 Å². The Hall–Kier alpha value is -4.46. The molecule has 3 aromatic rings. The van der Waals surface area contributed by atoms with Crippen LogP contribution in [0.1, 0.15) is 39.4 Å². The summed E-state index contributed by atoms with van der Waals surface area (Å²) in [6, 6.07) is 8.07. The number of rotatable bonds is 9. The second-order valence-electron chi connectivity index (χ2n) is 7.55. The lowest BCUT2D eigenvalue weighted by molar-refractivity contribution is -0.147. The minimum atomic E-state index is -1.03. The zero-order valence-electron chi connectivity index (χ0n) is 19.0. The van der Waals surface area contributed by atoms with Gasteiger partial charge in [0.1, 0.15) is 29.3 Å². The molecule has 0 bridgehead atoms. The smallest absolute Gasteiger partial charge is 0.308 e. The standard InChI is InChI=1S/C24H22F2N4O5/c1-14-15(2)30(12-17-4-3-9-34-17)23(19(14)11-27)29-21(31)13-35-22(32)7-8-28-24(33)18-6-5-16(25)10-20(18)26/h3-6,9-10H,7-8,12-13H2,1-2H3,(H,28,33)(H,29,31). The number of carbonyl (C=O) groups excluding carboxylic acids is 3. The molecule has 0 atom stereocenters. The van der Waals surface area contributed by atoms with Crippen LogP contribution in [0.5, 0.6) is 0 Å². The Balaban J connectivity index is 1.53. The highest BCUT2D eigenvalue weighted by atomic mass is 19.1. The summed E-state index contributed by atoms with van der Waals surface area (Å²) >= 11 is 0. The van der Waals surface area contributed by atoms with Crippen LogP contribution < -0.4 is 10.6 Å². The molecule has 0 saturated carbocycles. The van der Waals surface area contributed by atoms with E-state index in [-0.39, 0.29) is 36.5 Å². The second kappa shape index (κ2) is 11.1. The SMILES string of the molecule is Cc1c(C#N)c(NC(=O)COC(=O)CCNC(=O)c2ccc(F)cc2F)n(Cc2ccco2)c1C. The molecule has 11 heteroatoms. The van der Waals surface area contributed by atoms with Crippen molar-refractivity contribution < 1.29 is 32.3 Å². The average Bonchev–Trinajstić information content (AvgIpc) is 3.40. The number of nitrogens with zero attached hydrogens (tertiary/aromatic N) is 2. The average molecular weight is 484 g/mol. The monoisotopic (exact) mass is 484 g/mol. The molecule has 1 aromatic carbocycles. The van der Waals surface area contributed by atoms with Crippen LogP contribution in [-0.4, -0.2) is 35.5 Å². The van der Waals surface area contributed by atoms with Gasteiger partial charge in [0.05, 0.1) is 30.4 Å². The molecule has 0 fully saturated rings. The quantitative estimate of drug-likeness (QED) is 0.449. The molecule has 0 saturated heterocycles. The highest BCUT2D eigenvalue weighted by Crippen LogP contribution is 2.27. The van der Waals surface area contributed by atoms with Gasteiger partial charge in [-0.05, 0) is 43.7 Å². The zero-order valence-corrected chi connectivity index (χ0v) is 19.0. The Morgan fingerprint density at radius 3 is 2.63 bits per heavy atom. The van der Waals surface area contributed by atoms with E-state index in [1.165, 1.54) is 6.26 Å². The lowest BCUT2D eigenvalue weighted by atomic mass is 10.2. The summed E-state index contributed by atoms with van der Waals surface area (Å²) in [6.07, 6.45) is 1.24. The third-order valence-corrected chi connectivity index (χ3v) is 5.25. The maximum absolute atomic E-state index is 13.6. The molecule has 3 rings (SSSR count). The lowest BCUT2D eigenvalue weighted by Crippen LogP contribution is -2.28. The Bertz CT molecular complexity index is 1290. The van der Waals surface area contributed by atoms with Gasteiger partial charge in [-0.1, -0.05) is 0 Å². The number of ether oxygens (including phenoxy) is 1. The van der Waals surface area contributed by atoms with Crippen LogP contribution in [0.2, 0.25) is 0 Å². The van der Waals surface area contributed by atoms with Gasteiger partial charge in [-0.3, -0.25) is 14.4 Å². The number of carbonyl (C=O) groups is 3. The van der Waals surface area contributed by atoms with Gasteiger partial charge >= 0.3 is 5.97 Å². The van der Waals surface area contributed by atoms with Gasteiger partial charge in [0.2, 0.25) is 0 Å². The molecule has 0 aliphatic heterocycles. The van der Waals surface area contributed by atoms with Crippen molar-refractivity contribution in [3.05, 3.63) is 76.4 Å². The highest BCUT2D eigenvalue weighted by Gasteiger charge is 2.21. The number of aromatic nitrogens is 1. The zero-order chi connectivity index (χ0) is 25.5. The highest BCUT2D eigenvalue weighted by molar-refractivity contribution is 5.95. The first-order valence-corrected chi connectivity index (χ1v) is 10.5. The lowest BCUT2D eigenvalue weighted by Gasteiger charge is -2.12. The number of halogens is 2. The predicted octanol–water partition coefficient (Wildman–Crippen LogP) is 3.20. The van der Waals surface area contributed by atoms with E-state index in [0.29, 0.717) is 17.4 Å². The summed E-state index contributed by atoms with van der Waals surface area (Å²) in [5.41, 5.74) is 1.37. The van der Waals surface area contributed by atoms with Gasteiger partial charge in [-0.25, -0.2) is 8.78 Å². The van der Waals surface area contributed by atoms with Crippen LogP contribution in [0, 0.1) is 36.8 Å². The summed E-state index contributed by atoms with van der Waals surface area (Å²) in [5.74, 6) is -3.22. The van der Waals surface area contributed by atoms with Crippen molar-refractivity contribution in [3.8, 4) is 6.07 Å². The van der Waals surface area contributed by atoms with Gasteiger partial charge in [0.15, 0.2) is 6.61 Å². The van der Waals surface area contributed by atoms with Crippen LogP contribution in [0.15, 0.2) is 41.0 Å². The normalized spacial score (nSPS) is 10.5. The van der Waals surface area contributed by atoms with Gasteiger partial charge in [0.25, 0.3) is 11.8 Å². The van der Waals surface area contributed by atoms with Crippen molar-refractivity contribution in [1.82, 2.24) is 9.88 Å². The Morgan fingerprint density at radius 1 is 1.20 bits per heavy atom. The molecule has 0 spiro atoms. The van der Waals surface area contributed by atoms with E-state index in [4.69, 9.17) is 9.15 Å². The molecule has 9 nitrogen and oxygen atoms in total. The van der Waals surface area contributed by atoms with Crippen LogP contribution in [0.4, 0.5) is 14.6 Å². The van der Waals surface area contributed by atoms with Gasteiger partial charge < -0.3 is 24.4 Å². The Kier molecular flexibility index (Phi) is 7.99. The number of esters is 1. The van der Waals surface area contributed by atoms with E-state index >= 15 is 0 Å². The van der Waals surface area contributed by atoms with Crippen molar-refractivity contribution >= 4 is 23.6 Å². The fraction of sp³-hybridized carbons (Fsp3) is 0.250. The topological polar surface area (TPSA) is 126 Å². The molecular formula is C24H22F2N4O5. The number of nitriles is 1. The molecular weight excluding hydrogens is 462 g/mol. The summed E-state index contributed by atoms with van der Waals surface area (Å²) < 4.78 is 38.6. The number of furan rings is 1. The van der Waals surface area contributed by atoms with Gasteiger partial charge in [-0.15, -0.1) is 0 Å². The molecule has 2 aromatic heterocycles. The molecule has 35 heavy (non-hydrogen) atoms. The van der Waals surface area contributed by atoms with Crippen LogP contribution in [0.3, 0.4) is 0 Å². The summed E-state index contributed by atoms with van der Waals surface area (Å²) in [7, 11) is 0. The van der Waals surface area contributed by atoms with E-state index in [1.54, 1.807) is 30.5 Å². The van der Waals surface area contributed by atoms with E-state index in [2.05, 4.69) is 16.7 Å². The predicted molar refractivity (Wildman–Crippen MR) is 119 cm³/mol. The fourth-order valence-electron chi connectivity index (χ4n) is 3.32. The van der Waals surface area contributed by atoms with Crippen molar-refractivity contribution in [1.29, 1.82) is 5.26 Å². The maximum Gasteiger partial charge on any atom is 0.308 e. The fourth-order valence-corrected chi connectivity index (χ4v) is 3.32. The van der Waals surface area contributed by atoms with Gasteiger partial charge in [0, 0.05) is 18.3 Å². The molecule has 2 amide bonds. The van der Waals surface area contributed by atoms with Gasteiger partial charge in [-0.2, -0.15) is 5.26 Å². The van der Waals surface area contributed by atoms with E-state index < -0.39 is 36.0 Å². The maximum atomic E-state index is 13.6. The van der Waals surface area contributed by atoms with Crippen molar-refractivity contribution in [2.75, 3.05) is 18.5 Å². The van der Waals surface area contributed by atoms with Crippen molar-refractivity contribution in [2.45, 2.75) is 26.8 Å². The summed E-state index contributed by atoms with van der Waals surface area (Å²) in [6.45, 7) is 3.05. The first-order valence-electron chi connectivity index (χ1n) is 10.5. The number of amides is 2. The van der Waals surface area contributed by atoms with E-state index in [1.807, 2.05) is 0 Å². The molecule has 0 radical (unpaired) electrons. The minimum absolute atomic E-state index is 0.181. The minimum Gasteiger partial charge on any atom is -0.467 e. The molecule has 0 aliphatic carbocycles. The summed E-state index contributed by atoms with van der Waals surface area (Å²) in [5, 5.41) is 14.5. The third-order valence-electron chi connectivity index (χ3n) is 5.25. The number of anilines is 1. The van der Waals surface area contributed by atoms with Crippen LogP contribution >= 0.6 is 0 Å². The molecule has 182 valence electrons. The first-order chi connectivity index (χ1) is 16.7. The first kappa shape index (κ1) is 25.2. The number of nitrogens with one attached hydrogen (secondary N) is 2. The largest absolute Gasteiger partial charge is 0.467 e. The molecule has 0 unspecified atom stereocenters. The van der Waals surface area contributed by atoms with Crippen molar-refractivity contribution in [2.24, 2.45) is 0 Å².